The molecule has 7 nitrogen and oxygen atoms in total. The molecule has 3 N–H and O–H groups in total. The van der Waals surface area contributed by atoms with Gasteiger partial charge in [0.15, 0.2) is 5.58 Å². The summed E-state index contributed by atoms with van der Waals surface area (Å²) in [5, 5.41) is 4.12. The largest absolute Gasteiger partial charge is 0.458 e. The monoisotopic (exact) mass is 472 g/mol. The van der Waals surface area contributed by atoms with Crippen LogP contribution < -0.4 is 11.1 Å². The zero-order chi connectivity index (χ0) is 23.8. The molecule has 3 heterocycles. The highest BCUT2D eigenvalue weighted by Gasteiger charge is 2.24. The number of carbonyl (C=O) groups excluding carboxylic acids is 2. The van der Waals surface area contributed by atoms with Gasteiger partial charge < -0.3 is 20.4 Å². The maximum Gasteiger partial charge on any atom is 0.254 e. The molecule has 0 spiro atoms. The number of anilines is 1. The van der Waals surface area contributed by atoms with E-state index >= 15 is 0 Å². The van der Waals surface area contributed by atoms with Crippen LogP contribution in [-0.2, 0) is 17.9 Å². The van der Waals surface area contributed by atoms with Crippen LogP contribution in [0.15, 0.2) is 65.2 Å². The number of hydrogen-bond acceptors (Lipinski definition) is 5. The van der Waals surface area contributed by atoms with E-state index in [1.165, 1.54) is 6.08 Å². The van der Waals surface area contributed by atoms with E-state index in [9.17, 15) is 9.59 Å². The van der Waals surface area contributed by atoms with Gasteiger partial charge in [-0.15, -0.1) is 0 Å². The molecule has 0 aliphatic carbocycles. The lowest BCUT2D eigenvalue weighted by Gasteiger charge is -2.05. The minimum Gasteiger partial charge on any atom is -0.458 e. The highest BCUT2D eigenvalue weighted by molar-refractivity contribution is 6.35. The molecule has 1 aliphatic rings. The first-order chi connectivity index (χ1) is 16.4. The van der Waals surface area contributed by atoms with E-state index in [1.54, 1.807) is 36.4 Å². The van der Waals surface area contributed by atoms with Crippen LogP contribution in [0.3, 0.4) is 0 Å². The molecular weight excluding hydrogens is 452 g/mol. The Morgan fingerprint density at radius 1 is 1.21 bits per heavy atom. The second-order valence-corrected chi connectivity index (χ2v) is 8.60. The third-order valence-corrected chi connectivity index (χ3v) is 6.00. The number of rotatable bonds is 5. The van der Waals surface area contributed by atoms with Crippen molar-refractivity contribution in [2.75, 3.05) is 12.8 Å². The molecule has 34 heavy (non-hydrogen) atoms. The number of nitrogens with zero attached hydrogens (tertiary/aromatic N) is 2. The van der Waals surface area contributed by atoms with Crippen molar-refractivity contribution in [1.82, 2.24) is 15.2 Å². The van der Waals surface area contributed by atoms with Gasteiger partial charge in [0.05, 0.1) is 11.6 Å². The fraction of sp³-hybridized carbons (Fsp3) is 0.115. The average molecular weight is 473 g/mol. The topological polar surface area (TPSA) is 101 Å². The Kier molecular flexibility index (Phi) is 5.55. The first kappa shape index (κ1) is 21.7. The molecule has 2 amide bonds. The number of aromatic nitrogens is 1. The summed E-state index contributed by atoms with van der Waals surface area (Å²) in [5.74, 6) is 0.788. The predicted octanol–water partition coefficient (Wildman–Crippen LogP) is 4.65. The summed E-state index contributed by atoms with van der Waals surface area (Å²) in [6, 6.07) is 15.0. The maximum absolute atomic E-state index is 12.2. The summed E-state index contributed by atoms with van der Waals surface area (Å²) in [5.41, 5.74) is 10.5. The summed E-state index contributed by atoms with van der Waals surface area (Å²) in [4.78, 5) is 30.0. The molecule has 2 aromatic carbocycles. The Hall–Kier alpha value is -4.10. The van der Waals surface area contributed by atoms with E-state index in [0.717, 1.165) is 33.2 Å². The standard InChI is InChI=1S/C26H21ClN4O3/c1-31-14-19-8-16(4-5-21(19)26(31)33)17-9-18-10-20(34-25(18)22(27)11-17)13-30-24(32)7-3-15-2-6-23(28)29-12-15/h2-12H,13-14H2,1H3,(H2,28,29)(H,30,32)/b7-3+. The van der Waals surface area contributed by atoms with Gasteiger partial charge in [-0.2, -0.15) is 0 Å². The van der Waals surface area contributed by atoms with Crippen molar-refractivity contribution in [1.29, 1.82) is 0 Å². The van der Waals surface area contributed by atoms with E-state index in [0.29, 0.717) is 28.7 Å². The van der Waals surface area contributed by atoms with Gasteiger partial charge in [0, 0.05) is 36.8 Å². The minimum absolute atomic E-state index is 0.0385. The first-order valence-electron chi connectivity index (χ1n) is 10.7. The summed E-state index contributed by atoms with van der Waals surface area (Å²) in [7, 11) is 1.79. The van der Waals surface area contributed by atoms with Gasteiger partial charge in [-0.3, -0.25) is 9.59 Å². The zero-order valence-electron chi connectivity index (χ0n) is 18.3. The predicted molar refractivity (Wildman–Crippen MR) is 132 cm³/mol. The van der Waals surface area contributed by atoms with Crippen molar-refractivity contribution in [2.45, 2.75) is 13.1 Å². The average Bonchev–Trinajstić information content (AvgIpc) is 3.37. The van der Waals surface area contributed by atoms with E-state index < -0.39 is 0 Å². The van der Waals surface area contributed by atoms with E-state index in [1.807, 2.05) is 36.4 Å². The molecule has 0 unspecified atom stereocenters. The zero-order valence-corrected chi connectivity index (χ0v) is 19.1. The Morgan fingerprint density at radius 2 is 2.06 bits per heavy atom. The second kappa shape index (κ2) is 8.68. The number of nitrogens with two attached hydrogens (primary N) is 1. The van der Waals surface area contributed by atoms with Crippen LogP contribution in [0.25, 0.3) is 28.2 Å². The number of fused-ring (bicyclic) bond motifs is 2. The van der Waals surface area contributed by atoms with Crippen molar-refractivity contribution >= 4 is 46.3 Å². The fourth-order valence-electron chi connectivity index (χ4n) is 3.98. The van der Waals surface area contributed by atoms with Crippen LogP contribution in [0, 0.1) is 0 Å². The summed E-state index contributed by atoms with van der Waals surface area (Å²) >= 11 is 6.51. The van der Waals surface area contributed by atoms with Gasteiger partial charge in [0.1, 0.15) is 11.6 Å². The van der Waals surface area contributed by atoms with Crippen molar-refractivity contribution in [2.24, 2.45) is 0 Å². The number of benzene rings is 2. The minimum atomic E-state index is -0.262. The Balaban J connectivity index is 1.32. The molecule has 4 aromatic rings. The molecule has 0 saturated heterocycles. The quantitative estimate of drug-likeness (QED) is 0.412. The number of amides is 2. The Morgan fingerprint density at radius 3 is 2.85 bits per heavy atom. The normalized spacial score (nSPS) is 13.1. The molecule has 8 heteroatoms. The molecule has 0 bridgehead atoms. The van der Waals surface area contributed by atoms with Crippen LogP contribution in [-0.4, -0.2) is 28.7 Å². The number of hydrogen-bond donors (Lipinski definition) is 2. The van der Waals surface area contributed by atoms with Gasteiger partial charge in [-0.1, -0.05) is 17.7 Å². The fourth-order valence-corrected chi connectivity index (χ4v) is 4.25. The number of nitrogen functional groups attached to an aromatic ring is 1. The number of nitrogens with one attached hydrogen (secondary N) is 1. The van der Waals surface area contributed by atoms with Gasteiger partial charge in [0.25, 0.3) is 5.91 Å². The number of pyridine rings is 1. The molecule has 0 atom stereocenters. The first-order valence-corrected chi connectivity index (χ1v) is 11.0. The van der Waals surface area contributed by atoms with Crippen LogP contribution >= 0.6 is 11.6 Å². The molecular formula is C26H21ClN4O3. The molecule has 2 aromatic heterocycles. The molecule has 0 radical (unpaired) electrons. The van der Waals surface area contributed by atoms with Crippen LogP contribution in [0.2, 0.25) is 5.02 Å². The molecule has 5 rings (SSSR count). The van der Waals surface area contributed by atoms with Crippen molar-refractivity contribution in [3.63, 3.8) is 0 Å². The van der Waals surface area contributed by atoms with Crippen molar-refractivity contribution in [3.8, 4) is 11.1 Å². The number of carbonyl (C=O) groups is 2. The Labute approximate surface area is 200 Å². The smallest absolute Gasteiger partial charge is 0.254 e. The molecule has 170 valence electrons. The maximum atomic E-state index is 12.2. The second-order valence-electron chi connectivity index (χ2n) is 8.19. The summed E-state index contributed by atoms with van der Waals surface area (Å²) < 4.78 is 5.87. The number of halogens is 1. The van der Waals surface area contributed by atoms with Crippen molar-refractivity contribution in [3.05, 3.63) is 88.3 Å². The molecule has 0 fully saturated rings. The Bertz CT molecular complexity index is 1460. The lowest BCUT2D eigenvalue weighted by atomic mass is 9.99. The molecule has 1 aliphatic heterocycles. The highest BCUT2D eigenvalue weighted by atomic mass is 35.5. The van der Waals surface area contributed by atoms with Crippen LogP contribution in [0.4, 0.5) is 5.82 Å². The third kappa shape index (κ3) is 4.25. The highest BCUT2D eigenvalue weighted by Crippen LogP contribution is 2.34. The third-order valence-electron chi connectivity index (χ3n) is 5.72. The SMILES string of the molecule is CN1Cc2cc(-c3cc(Cl)c4oc(CNC(=O)/C=C/c5ccc(N)nc5)cc4c3)ccc2C1=O. The van der Waals surface area contributed by atoms with Gasteiger partial charge in [-0.05, 0) is 70.8 Å². The summed E-state index contributed by atoms with van der Waals surface area (Å²) in [6.07, 6.45) is 4.68. The number of furan rings is 1. The van der Waals surface area contributed by atoms with Gasteiger partial charge in [0.2, 0.25) is 5.91 Å². The van der Waals surface area contributed by atoms with E-state index in [2.05, 4.69) is 10.3 Å². The van der Waals surface area contributed by atoms with Gasteiger partial charge >= 0.3 is 0 Å². The lowest BCUT2D eigenvalue weighted by molar-refractivity contribution is -0.116. The van der Waals surface area contributed by atoms with Crippen LogP contribution in [0.1, 0.15) is 27.2 Å². The van der Waals surface area contributed by atoms with E-state index in [4.69, 9.17) is 21.8 Å². The van der Waals surface area contributed by atoms with Gasteiger partial charge in [-0.25, -0.2) is 4.98 Å². The summed E-state index contributed by atoms with van der Waals surface area (Å²) in [6.45, 7) is 0.813. The van der Waals surface area contributed by atoms with Crippen LogP contribution in [0.5, 0.6) is 0 Å². The lowest BCUT2D eigenvalue weighted by Crippen LogP contribution is -2.19. The van der Waals surface area contributed by atoms with E-state index in [-0.39, 0.29) is 18.4 Å². The van der Waals surface area contributed by atoms with Crippen molar-refractivity contribution < 1.29 is 14.0 Å². The molecule has 0 saturated carbocycles.